The highest BCUT2D eigenvalue weighted by atomic mass is 16.3. The zero-order chi connectivity index (χ0) is 16.8. The largest absolute Gasteiger partial charge is 0.508 e. The van der Waals surface area contributed by atoms with Crippen molar-refractivity contribution in [3.8, 4) is 17.1 Å². The van der Waals surface area contributed by atoms with Crippen LogP contribution in [0.5, 0.6) is 5.75 Å². The number of imidazole rings is 1. The van der Waals surface area contributed by atoms with E-state index in [2.05, 4.69) is 9.97 Å². The summed E-state index contributed by atoms with van der Waals surface area (Å²) in [5, 5.41) is 10.4. The Hall–Kier alpha value is -3.08. The maximum atomic E-state index is 13.0. The van der Waals surface area contributed by atoms with Crippen LogP contribution in [0.3, 0.4) is 0 Å². The SMILES string of the molecule is CCc1cc2c(=O)c(-c3nc4ccccc4[nH]3)c(C)oc2cc1O. The van der Waals surface area contributed by atoms with Gasteiger partial charge in [0.1, 0.15) is 28.5 Å². The molecule has 5 heteroatoms. The number of benzene rings is 2. The molecule has 0 aliphatic rings. The molecule has 0 atom stereocenters. The van der Waals surface area contributed by atoms with Crippen LogP contribution in [-0.4, -0.2) is 15.1 Å². The van der Waals surface area contributed by atoms with Crippen LogP contribution in [0.2, 0.25) is 0 Å². The lowest BCUT2D eigenvalue weighted by atomic mass is 10.1. The van der Waals surface area contributed by atoms with Crippen molar-refractivity contribution >= 4 is 22.0 Å². The van der Waals surface area contributed by atoms with Crippen LogP contribution in [0.4, 0.5) is 0 Å². The van der Waals surface area contributed by atoms with E-state index >= 15 is 0 Å². The normalized spacial score (nSPS) is 11.4. The number of aromatic amines is 1. The van der Waals surface area contributed by atoms with Gasteiger partial charge in [-0.3, -0.25) is 4.79 Å². The van der Waals surface area contributed by atoms with E-state index in [-0.39, 0.29) is 11.2 Å². The summed E-state index contributed by atoms with van der Waals surface area (Å²) < 4.78 is 5.78. The number of nitrogens with zero attached hydrogens (tertiary/aromatic N) is 1. The van der Waals surface area contributed by atoms with Crippen molar-refractivity contribution in [2.75, 3.05) is 0 Å². The molecular weight excluding hydrogens is 304 g/mol. The highest BCUT2D eigenvalue weighted by molar-refractivity contribution is 5.85. The second-order valence-corrected chi connectivity index (χ2v) is 5.80. The number of aromatic nitrogens is 2. The van der Waals surface area contributed by atoms with E-state index in [1.54, 1.807) is 13.0 Å². The van der Waals surface area contributed by atoms with Gasteiger partial charge < -0.3 is 14.5 Å². The molecule has 0 spiro atoms. The third-order valence-corrected chi connectivity index (χ3v) is 4.27. The van der Waals surface area contributed by atoms with Crippen LogP contribution in [0.25, 0.3) is 33.4 Å². The molecule has 0 aliphatic carbocycles. The monoisotopic (exact) mass is 320 g/mol. The van der Waals surface area contributed by atoms with E-state index in [1.807, 2.05) is 31.2 Å². The number of para-hydroxylation sites is 2. The van der Waals surface area contributed by atoms with E-state index in [9.17, 15) is 9.90 Å². The lowest BCUT2D eigenvalue weighted by Crippen LogP contribution is -2.09. The smallest absolute Gasteiger partial charge is 0.203 e. The number of rotatable bonds is 2. The molecule has 0 saturated heterocycles. The van der Waals surface area contributed by atoms with E-state index in [0.717, 1.165) is 11.0 Å². The van der Waals surface area contributed by atoms with Crippen LogP contribution in [0.1, 0.15) is 18.2 Å². The zero-order valence-corrected chi connectivity index (χ0v) is 13.4. The zero-order valence-electron chi connectivity index (χ0n) is 13.4. The molecule has 0 unspecified atom stereocenters. The number of H-pyrrole nitrogens is 1. The molecule has 2 N–H and O–H groups in total. The third kappa shape index (κ3) is 2.09. The summed E-state index contributed by atoms with van der Waals surface area (Å²) in [6, 6.07) is 10.8. The van der Waals surface area contributed by atoms with Gasteiger partial charge in [-0.05, 0) is 37.1 Å². The summed E-state index contributed by atoms with van der Waals surface area (Å²) in [6.45, 7) is 3.66. The van der Waals surface area contributed by atoms with Crippen molar-refractivity contribution in [3.63, 3.8) is 0 Å². The maximum Gasteiger partial charge on any atom is 0.203 e. The fourth-order valence-electron chi connectivity index (χ4n) is 3.01. The molecule has 2 heterocycles. The van der Waals surface area contributed by atoms with Gasteiger partial charge in [-0.2, -0.15) is 0 Å². The van der Waals surface area contributed by atoms with E-state index < -0.39 is 0 Å². The Kier molecular flexibility index (Phi) is 3.16. The molecular formula is C19H16N2O3. The maximum absolute atomic E-state index is 13.0. The number of phenolic OH excluding ortho intramolecular Hbond substituents is 1. The Bertz CT molecular complexity index is 1110. The van der Waals surface area contributed by atoms with E-state index in [4.69, 9.17) is 4.42 Å². The average Bonchev–Trinajstić information content (AvgIpc) is 2.97. The molecule has 5 nitrogen and oxygen atoms in total. The quantitative estimate of drug-likeness (QED) is 0.587. The van der Waals surface area contributed by atoms with Gasteiger partial charge in [-0.25, -0.2) is 4.98 Å². The van der Waals surface area contributed by atoms with Crippen molar-refractivity contribution in [2.24, 2.45) is 0 Å². The van der Waals surface area contributed by atoms with Crippen LogP contribution in [0.15, 0.2) is 45.6 Å². The van der Waals surface area contributed by atoms with Gasteiger partial charge >= 0.3 is 0 Å². The van der Waals surface area contributed by atoms with Crippen LogP contribution in [-0.2, 0) is 6.42 Å². The summed E-state index contributed by atoms with van der Waals surface area (Å²) in [5.41, 5.74) is 3.04. The summed E-state index contributed by atoms with van der Waals surface area (Å²) in [4.78, 5) is 20.7. The van der Waals surface area contributed by atoms with Gasteiger partial charge in [0.05, 0.1) is 16.4 Å². The number of aromatic hydroxyl groups is 1. The predicted octanol–water partition coefficient (Wildman–Crippen LogP) is 3.91. The highest BCUT2D eigenvalue weighted by Crippen LogP contribution is 2.28. The van der Waals surface area contributed by atoms with Crippen molar-refractivity contribution < 1.29 is 9.52 Å². The Morgan fingerprint density at radius 2 is 2.04 bits per heavy atom. The molecule has 2 aromatic carbocycles. The topological polar surface area (TPSA) is 79.1 Å². The molecule has 0 amide bonds. The molecule has 0 aliphatic heterocycles. The van der Waals surface area contributed by atoms with Crippen molar-refractivity contribution in [3.05, 3.63) is 57.9 Å². The fourth-order valence-corrected chi connectivity index (χ4v) is 3.01. The Morgan fingerprint density at radius 3 is 2.79 bits per heavy atom. The molecule has 0 bridgehead atoms. The van der Waals surface area contributed by atoms with Crippen LogP contribution >= 0.6 is 0 Å². The van der Waals surface area contributed by atoms with Gasteiger partial charge in [-0.1, -0.05) is 19.1 Å². The molecule has 24 heavy (non-hydrogen) atoms. The number of aryl methyl sites for hydroxylation is 2. The number of hydrogen-bond donors (Lipinski definition) is 2. The third-order valence-electron chi connectivity index (χ3n) is 4.27. The first kappa shape index (κ1) is 14.5. The number of fused-ring (bicyclic) bond motifs is 2. The van der Waals surface area contributed by atoms with Crippen molar-refractivity contribution in [1.82, 2.24) is 9.97 Å². The molecule has 4 aromatic rings. The molecule has 4 rings (SSSR count). The number of hydrogen-bond acceptors (Lipinski definition) is 4. The second kappa shape index (κ2) is 5.23. The standard InChI is InChI=1S/C19H16N2O3/c1-3-11-8-12-16(9-15(11)22)24-10(2)17(18(12)23)19-20-13-6-4-5-7-14(13)21-19/h4-9,22H,3H2,1-2H3,(H,20,21). The fraction of sp³-hybridized carbons (Fsp3) is 0.158. The highest BCUT2D eigenvalue weighted by Gasteiger charge is 2.18. The molecule has 0 saturated carbocycles. The van der Waals surface area contributed by atoms with Crippen molar-refractivity contribution in [2.45, 2.75) is 20.3 Å². The summed E-state index contributed by atoms with van der Waals surface area (Å²) in [5.74, 6) is 1.11. The first-order valence-electron chi connectivity index (χ1n) is 7.83. The minimum Gasteiger partial charge on any atom is -0.508 e. The Labute approximate surface area is 137 Å². The molecule has 2 aromatic heterocycles. The van der Waals surface area contributed by atoms with Gasteiger partial charge in [0.15, 0.2) is 0 Å². The molecule has 120 valence electrons. The van der Waals surface area contributed by atoms with Gasteiger partial charge in [-0.15, -0.1) is 0 Å². The first-order chi connectivity index (χ1) is 11.6. The van der Waals surface area contributed by atoms with E-state index in [1.165, 1.54) is 6.07 Å². The number of nitrogens with one attached hydrogen (secondary N) is 1. The van der Waals surface area contributed by atoms with Crippen LogP contribution in [0, 0.1) is 6.92 Å². The first-order valence-corrected chi connectivity index (χ1v) is 7.83. The van der Waals surface area contributed by atoms with Gasteiger partial charge in [0, 0.05) is 6.07 Å². The second-order valence-electron chi connectivity index (χ2n) is 5.80. The summed E-state index contributed by atoms with van der Waals surface area (Å²) >= 11 is 0. The minimum absolute atomic E-state index is 0.143. The lowest BCUT2D eigenvalue weighted by molar-refractivity contribution is 0.467. The number of phenols is 1. The minimum atomic E-state index is -0.150. The average molecular weight is 320 g/mol. The summed E-state index contributed by atoms with van der Waals surface area (Å²) in [7, 11) is 0. The summed E-state index contributed by atoms with van der Waals surface area (Å²) in [6.07, 6.45) is 0.634. The van der Waals surface area contributed by atoms with Gasteiger partial charge in [0.2, 0.25) is 5.43 Å². The lowest BCUT2D eigenvalue weighted by Gasteiger charge is -2.07. The molecule has 0 radical (unpaired) electrons. The van der Waals surface area contributed by atoms with Gasteiger partial charge in [0.25, 0.3) is 0 Å². The molecule has 0 fully saturated rings. The van der Waals surface area contributed by atoms with Crippen molar-refractivity contribution in [1.29, 1.82) is 0 Å². The Morgan fingerprint density at radius 1 is 1.25 bits per heavy atom. The van der Waals surface area contributed by atoms with E-state index in [0.29, 0.717) is 40.1 Å². The van der Waals surface area contributed by atoms with Crippen LogP contribution < -0.4 is 5.43 Å². The Balaban J connectivity index is 2.04. The predicted molar refractivity (Wildman–Crippen MR) is 93.4 cm³/mol.